The van der Waals surface area contributed by atoms with E-state index < -0.39 is 22.9 Å². The number of nitrogens with one attached hydrogen (secondary N) is 1. The lowest BCUT2D eigenvalue weighted by Gasteiger charge is -2.16. The van der Waals surface area contributed by atoms with Crippen molar-refractivity contribution in [2.45, 2.75) is 25.8 Å². The van der Waals surface area contributed by atoms with Crippen LogP contribution in [0.25, 0.3) is 10.9 Å². The summed E-state index contributed by atoms with van der Waals surface area (Å²) in [6, 6.07) is 6.34. The molecule has 6 heteroatoms. The zero-order chi connectivity index (χ0) is 14.7. The van der Waals surface area contributed by atoms with Crippen LogP contribution in [0.3, 0.4) is 0 Å². The molecule has 0 aliphatic carbocycles. The molecular weight excluding hydrogens is 260 g/mol. The minimum absolute atomic E-state index is 0.197. The lowest BCUT2D eigenvalue weighted by atomic mass is 9.92. The van der Waals surface area contributed by atoms with Gasteiger partial charge in [-0.1, -0.05) is 18.2 Å². The van der Waals surface area contributed by atoms with Gasteiger partial charge in [-0.05, 0) is 18.6 Å². The molecule has 1 aromatic heterocycles. The number of carbonyl (C=O) groups excluding carboxylic acids is 1. The number of hydrogen-bond acceptors (Lipinski definition) is 4. The highest BCUT2D eigenvalue weighted by molar-refractivity contribution is 5.90. The molecule has 0 bridgehead atoms. The average Bonchev–Trinajstić information content (AvgIpc) is 2.83. The zero-order valence-electron chi connectivity index (χ0n) is 11.3. The molecule has 1 heterocycles. The lowest BCUT2D eigenvalue weighted by molar-refractivity contribution is -0.520. The SMILES string of the molecule is CCOC(=O)[C@H](c1c[nH]c2ccccc12)[C@H](C)[N+](=O)[O-]. The molecule has 0 radical (unpaired) electrons. The van der Waals surface area contributed by atoms with Crippen LogP contribution in [0.15, 0.2) is 30.5 Å². The van der Waals surface area contributed by atoms with Crippen molar-refractivity contribution in [1.29, 1.82) is 0 Å². The molecule has 0 aliphatic rings. The van der Waals surface area contributed by atoms with Crippen LogP contribution in [-0.2, 0) is 9.53 Å². The van der Waals surface area contributed by atoms with Crippen LogP contribution in [0, 0.1) is 10.1 Å². The second-order valence-corrected chi connectivity index (χ2v) is 4.55. The minimum Gasteiger partial charge on any atom is -0.465 e. The Morgan fingerprint density at radius 1 is 1.45 bits per heavy atom. The van der Waals surface area contributed by atoms with Gasteiger partial charge in [-0.15, -0.1) is 0 Å². The van der Waals surface area contributed by atoms with Crippen molar-refractivity contribution in [3.63, 3.8) is 0 Å². The van der Waals surface area contributed by atoms with E-state index in [9.17, 15) is 14.9 Å². The number of nitro groups is 1. The number of H-pyrrole nitrogens is 1. The Morgan fingerprint density at radius 2 is 2.15 bits per heavy atom. The standard InChI is InChI=1S/C14H16N2O4/c1-3-20-14(17)13(9(2)16(18)19)11-8-15-12-7-5-4-6-10(11)12/h4-9,13,15H,3H2,1-2H3/t9-,13-/m0/s1. The summed E-state index contributed by atoms with van der Waals surface area (Å²) >= 11 is 0. The number of aromatic nitrogens is 1. The summed E-state index contributed by atoms with van der Waals surface area (Å²) in [4.78, 5) is 25.7. The third-order valence-electron chi connectivity index (χ3n) is 3.31. The van der Waals surface area contributed by atoms with E-state index in [-0.39, 0.29) is 6.61 Å². The molecule has 2 aromatic rings. The molecule has 20 heavy (non-hydrogen) atoms. The van der Waals surface area contributed by atoms with Gasteiger partial charge in [0.05, 0.1) is 6.61 Å². The van der Waals surface area contributed by atoms with Crippen LogP contribution in [0.2, 0.25) is 0 Å². The highest BCUT2D eigenvalue weighted by Crippen LogP contribution is 2.30. The van der Waals surface area contributed by atoms with Gasteiger partial charge in [-0.3, -0.25) is 14.9 Å². The van der Waals surface area contributed by atoms with Crippen molar-refractivity contribution in [3.8, 4) is 0 Å². The van der Waals surface area contributed by atoms with Gasteiger partial charge in [0.2, 0.25) is 6.04 Å². The Balaban J connectivity index is 2.50. The van der Waals surface area contributed by atoms with E-state index in [2.05, 4.69) is 4.98 Å². The molecule has 0 spiro atoms. The number of ether oxygens (including phenoxy) is 1. The van der Waals surface area contributed by atoms with E-state index in [1.165, 1.54) is 6.92 Å². The Labute approximate surface area is 115 Å². The smallest absolute Gasteiger partial charge is 0.320 e. The first kappa shape index (κ1) is 14.0. The number of benzene rings is 1. The van der Waals surface area contributed by atoms with E-state index in [0.29, 0.717) is 5.56 Å². The summed E-state index contributed by atoms with van der Waals surface area (Å²) in [7, 11) is 0. The topological polar surface area (TPSA) is 85.2 Å². The molecule has 2 rings (SSSR count). The summed E-state index contributed by atoms with van der Waals surface area (Å²) in [5.41, 5.74) is 1.44. The predicted octanol–water partition coefficient (Wildman–Crippen LogP) is 2.48. The predicted molar refractivity (Wildman–Crippen MR) is 74.1 cm³/mol. The molecule has 0 aliphatic heterocycles. The lowest BCUT2D eigenvalue weighted by Crippen LogP contribution is -2.31. The third kappa shape index (κ3) is 2.49. The number of carbonyl (C=O) groups is 1. The monoisotopic (exact) mass is 276 g/mol. The average molecular weight is 276 g/mol. The number of esters is 1. The van der Waals surface area contributed by atoms with Crippen molar-refractivity contribution in [3.05, 3.63) is 46.1 Å². The molecule has 0 amide bonds. The van der Waals surface area contributed by atoms with Gasteiger partial charge in [0.15, 0.2) is 5.92 Å². The van der Waals surface area contributed by atoms with Crippen molar-refractivity contribution < 1.29 is 14.5 Å². The molecule has 6 nitrogen and oxygen atoms in total. The van der Waals surface area contributed by atoms with Crippen molar-refractivity contribution in [1.82, 2.24) is 4.98 Å². The number of hydrogen-bond donors (Lipinski definition) is 1. The molecule has 2 atom stereocenters. The Bertz CT molecular complexity index is 635. The van der Waals surface area contributed by atoms with Crippen LogP contribution in [0.4, 0.5) is 0 Å². The van der Waals surface area contributed by atoms with Gasteiger partial charge in [-0.25, -0.2) is 0 Å². The summed E-state index contributed by atoms with van der Waals surface area (Å²) < 4.78 is 4.99. The Kier molecular flexibility index (Phi) is 4.02. The van der Waals surface area contributed by atoms with Crippen LogP contribution >= 0.6 is 0 Å². The number of nitrogens with zero attached hydrogens (tertiary/aromatic N) is 1. The second kappa shape index (κ2) is 5.73. The minimum atomic E-state index is -1.05. The van der Waals surface area contributed by atoms with Crippen LogP contribution in [0.5, 0.6) is 0 Å². The summed E-state index contributed by atoms with van der Waals surface area (Å²) in [5, 5.41) is 11.9. The van der Waals surface area contributed by atoms with Crippen molar-refractivity contribution in [2.24, 2.45) is 0 Å². The maximum atomic E-state index is 12.1. The molecule has 106 valence electrons. The van der Waals surface area contributed by atoms with Crippen LogP contribution in [0.1, 0.15) is 25.3 Å². The number of rotatable bonds is 5. The largest absolute Gasteiger partial charge is 0.465 e. The van der Waals surface area contributed by atoms with E-state index >= 15 is 0 Å². The van der Waals surface area contributed by atoms with E-state index in [1.807, 2.05) is 24.3 Å². The van der Waals surface area contributed by atoms with E-state index in [0.717, 1.165) is 10.9 Å². The third-order valence-corrected chi connectivity index (χ3v) is 3.31. The van der Waals surface area contributed by atoms with Gasteiger partial charge >= 0.3 is 5.97 Å². The highest BCUT2D eigenvalue weighted by Gasteiger charge is 2.37. The number of fused-ring (bicyclic) bond motifs is 1. The van der Waals surface area contributed by atoms with Gasteiger partial charge in [-0.2, -0.15) is 0 Å². The molecular formula is C14H16N2O4. The van der Waals surface area contributed by atoms with Crippen molar-refractivity contribution >= 4 is 16.9 Å². The fraction of sp³-hybridized carbons (Fsp3) is 0.357. The fourth-order valence-corrected chi connectivity index (χ4v) is 2.29. The first-order valence-electron chi connectivity index (χ1n) is 6.42. The first-order chi connectivity index (χ1) is 9.56. The molecule has 0 unspecified atom stereocenters. The maximum absolute atomic E-state index is 12.1. The second-order valence-electron chi connectivity index (χ2n) is 4.55. The maximum Gasteiger partial charge on any atom is 0.320 e. The van der Waals surface area contributed by atoms with Gasteiger partial charge in [0, 0.05) is 28.9 Å². The summed E-state index contributed by atoms with van der Waals surface area (Å²) in [6.45, 7) is 3.30. The summed E-state index contributed by atoms with van der Waals surface area (Å²) in [5.74, 6) is -1.48. The molecule has 0 saturated carbocycles. The van der Waals surface area contributed by atoms with E-state index in [4.69, 9.17) is 4.74 Å². The molecule has 1 aromatic carbocycles. The fourth-order valence-electron chi connectivity index (χ4n) is 2.29. The van der Waals surface area contributed by atoms with Gasteiger partial charge in [0.1, 0.15) is 0 Å². The van der Waals surface area contributed by atoms with E-state index in [1.54, 1.807) is 13.1 Å². The molecule has 0 fully saturated rings. The van der Waals surface area contributed by atoms with Crippen LogP contribution in [-0.4, -0.2) is 28.5 Å². The number of aromatic amines is 1. The highest BCUT2D eigenvalue weighted by atomic mass is 16.6. The quantitative estimate of drug-likeness (QED) is 0.516. The Hall–Kier alpha value is -2.37. The zero-order valence-corrected chi connectivity index (χ0v) is 11.3. The normalized spacial score (nSPS) is 13.9. The van der Waals surface area contributed by atoms with Gasteiger partial charge < -0.3 is 9.72 Å². The molecule has 1 N–H and O–H groups in total. The Morgan fingerprint density at radius 3 is 2.80 bits per heavy atom. The number of para-hydroxylation sites is 1. The summed E-state index contributed by atoms with van der Waals surface area (Å²) in [6.07, 6.45) is 1.65. The van der Waals surface area contributed by atoms with Crippen LogP contribution < -0.4 is 0 Å². The van der Waals surface area contributed by atoms with Gasteiger partial charge in [0.25, 0.3) is 0 Å². The van der Waals surface area contributed by atoms with Crippen molar-refractivity contribution in [2.75, 3.05) is 6.61 Å². The first-order valence-corrected chi connectivity index (χ1v) is 6.42. The molecule has 0 saturated heterocycles.